The molecule has 3 rings (SSSR count). The largest absolute Gasteiger partial charge is 0.465 e. The highest BCUT2D eigenvalue weighted by Gasteiger charge is 2.68. The lowest BCUT2D eigenvalue weighted by atomic mass is 9.66. The molecule has 0 aliphatic heterocycles. The van der Waals surface area contributed by atoms with E-state index in [-0.39, 0.29) is 39.3 Å². The summed E-state index contributed by atoms with van der Waals surface area (Å²) >= 11 is 0. The molecule has 5 atom stereocenters. The Morgan fingerprint density at radius 2 is 1.67 bits per heavy atom. The number of Topliss-reactive ketones (excluding diaryl/α,β-unsaturated/α-hetero) is 1. The fourth-order valence-corrected chi connectivity index (χ4v) is 5.75. The van der Waals surface area contributed by atoms with Gasteiger partial charge < -0.3 is 4.74 Å². The van der Waals surface area contributed by atoms with Gasteiger partial charge in [-0.05, 0) is 48.3 Å². The van der Waals surface area contributed by atoms with E-state index in [4.69, 9.17) is 4.74 Å². The first-order valence-electron chi connectivity index (χ1n) is 9.59. The summed E-state index contributed by atoms with van der Waals surface area (Å²) in [5, 5.41) is 0. The summed E-state index contributed by atoms with van der Waals surface area (Å²) in [6, 6.07) is 0. The highest BCUT2D eigenvalue weighted by molar-refractivity contribution is 6.05. The molecule has 5 unspecified atom stereocenters. The number of ether oxygens (including phenoxy) is 1. The van der Waals surface area contributed by atoms with Crippen LogP contribution in [-0.2, 0) is 14.3 Å². The molecule has 0 aromatic heterocycles. The van der Waals surface area contributed by atoms with Gasteiger partial charge in [-0.15, -0.1) is 0 Å². The molecule has 3 heteroatoms. The Labute approximate surface area is 146 Å². The lowest BCUT2D eigenvalue weighted by Crippen LogP contribution is -2.40. The fraction of sp³-hybridized carbons (Fsp3) is 0.905. The van der Waals surface area contributed by atoms with Crippen LogP contribution in [0.2, 0.25) is 0 Å². The van der Waals surface area contributed by atoms with Crippen molar-refractivity contribution in [3.05, 3.63) is 0 Å². The zero-order valence-electron chi connectivity index (χ0n) is 16.5. The molecule has 3 aliphatic rings. The van der Waals surface area contributed by atoms with E-state index < -0.39 is 5.92 Å². The quantitative estimate of drug-likeness (QED) is 0.558. The number of hydrogen-bond acceptors (Lipinski definition) is 3. The minimum atomic E-state index is -0.538. The van der Waals surface area contributed by atoms with E-state index in [0.29, 0.717) is 12.5 Å². The van der Waals surface area contributed by atoms with Gasteiger partial charge in [0.15, 0.2) is 5.78 Å². The lowest BCUT2D eigenvalue weighted by molar-refractivity contribution is -0.159. The lowest BCUT2D eigenvalue weighted by Gasteiger charge is -2.40. The van der Waals surface area contributed by atoms with E-state index in [0.717, 1.165) is 19.3 Å². The van der Waals surface area contributed by atoms with Gasteiger partial charge in [0.05, 0.1) is 6.61 Å². The Kier molecular flexibility index (Phi) is 3.80. The average molecular weight is 335 g/mol. The van der Waals surface area contributed by atoms with E-state index >= 15 is 0 Å². The van der Waals surface area contributed by atoms with Gasteiger partial charge in [-0.1, -0.05) is 48.5 Å². The van der Waals surface area contributed by atoms with E-state index in [9.17, 15) is 9.59 Å². The zero-order valence-corrected chi connectivity index (χ0v) is 16.5. The van der Waals surface area contributed by atoms with Crippen molar-refractivity contribution >= 4 is 11.8 Å². The van der Waals surface area contributed by atoms with Crippen molar-refractivity contribution in [2.45, 2.75) is 74.1 Å². The molecule has 0 N–H and O–H groups in total. The molecular formula is C21H34O3. The molecule has 0 aromatic rings. The van der Waals surface area contributed by atoms with Crippen LogP contribution in [-0.4, -0.2) is 18.4 Å². The molecule has 0 aromatic carbocycles. The molecule has 2 bridgehead atoms. The van der Waals surface area contributed by atoms with Crippen molar-refractivity contribution in [2.24, 2.45) is 39.4 Å². The van der Waals surface area contributed by atoms with Gasteiger partial charge in [0.1, 0.15) is 5.92 Å². The van der Waals surface area contributed by atoms with Crippen LogP contribution >= 0.6 is 0 Å². The van der Waals surface area contributed by atoms with Gasteiger partial charge in [-0.2, -0.15) is 0 Å². The smallest absolute Gasteiger partial charge is 0.316 e. The Bertz CT molecular complexity index is 576. The summed E-state index contributed by atoms with van der Waals surface area (Å²) < 4.78 is 5.80. The topological polar surface area (TPSA) is 43.4 Å². The van der Waals surface area contributed by atoms with Gasteiger partial charge in [0, 0.05) is 10.8 Å². The first-order chi connectivity index (χ1) is 10.9. The number of esters is 1. The zero-order chi connectivity index (χ0) is 18.1. The standard InChI is InChI=1S/C21H34O3/c1-13-8-10-20(6,18(13,2)3)12-24-17(23)15-14-9-11-21(7,16(15)22)19(14,4)5/h13-15H,8-12H2,1-7H3. The van der Waals surface area contributed by atoms with Gasteiger partial charge in [0.25, 0.3) is 0 Å². The summed E-state index contributed by atoms with van der Waals surface area (Å²) in [4.78, 5) is 25.7. The first-order valence-corrected chi connectivity index (χ1v) is 9.59. The van der Waals surface area contributed by atoms with Crippen LogP contribution in [0.1, 0.15) is 74.1 Å². The van der Waals surface area contributed by atoms with Crippen molar-refractivity contribution < 1.29 is 14.3 Å². The molecule has 3 saturated carbocycles. The van der Waals surface area contributed by atoms with E-state index in [1.807, 2.05) is 6.92 Å². The Morgan fingerprint density at radius 3 is 2.12 bits per heavy atom. The Hall–Kier alpha value is -0.860. The monoisotopic (exact) mass is 334 g/mol. The number of carbonyl (C=O) groups excluding carboxylic acids is 2. The van der Waals surface area contributed by atoms with Crippen molar-refractivity contribution in [3.63, 3.8) is 0 Å². The SMILES string of the molecule is CC1CCC(C)(COC(=O)C2C(=O)C3(C)CCC2C3(C)C)C1(C)C. The van der Waals surface area contributed by atoms with Gasteiger partial charge in [0.2, 0.25) is 0 Å². The molecule has 3 aliphatic carbocycles. The van der Waals surface area contributed by atoms with E-state index in [1.165, 1.54) is 6.42 Å². The molecule has 0 radical (unpaired) electrons. The van der Waals surface area contributed by atoms with Crippen molar-refractivity contribution in [3.8, 4) is 0 Å². The van der Waals surface area contributed by atoms with Crippen LogP contribution in [0.5, 0.6) is 0 Å². The molecule has 3 nitrogen and oxygen atoms in total. The highest BCUT2D eigenvalue weighted by atomic mass is 16.5. The second-order valence-corrected chi connectivity index (χ2v) is 10.4. The highest BCUT2D eigenvalue weighted by Crippen LogP contribution is 2.66. The maximum absolute atomic E-state index is 12.9. The molecular weight excluding hydrogens is 300 g/mol. The summed E-state index contributed by atoms with van der Waals surface area (Å²) in [6.07, 6.45) is 4.14. The predicted molar refractivity (Wildman–Crippen MR) is 94.4 cm³/mol. The molecule has 136 valence electrons. The van der Waals surface area contributed by atoms with Gasteiger partial charge in [-0.3, -0.25) is 9.59 Å². The Morgan fingerprint density at radius 1 is 1.04 bits per heavy atom. The van der Waals surface area contributed by atoms with E-state index in [1.54, 1.807) is 0 Å². The second-order valence-electron chi connectivity index (χ2n) is 10.4. The van der Waals surface area contributed by atoms with Gasteiger partial charge >= 0.3 is 5.97 Å². The van der Waals surface area contributed by atoms with Crippen LogP contribution in [0, 0.1) is 39.4 Å². The molecule has 24 heavy (non-hydrogen) atoms. The summed E-state index contributed by atoms with van der Waals surface area (Å²) in [6.45, 7) is 15.9. The molecule has 0 amide bonds. The number of hydrogen-bond donors (Lipinski definition) is 0. The number of ketones is 1. The minimum absolute atomic E-state index is 0.00215. The normalized spacial score (nSPS) is 45.6. The van der Waals surface area contributed by atoms with Crippen molar-refractivity contribution in [2.75, 3.05) is 6.61 Å². The summed E-state index contributed by atoms with van der Waals surface area (Å²) in [5.41, 5.74) is -0.301. The third-order valence-electron chi connectivity index (χ3n) is 9.24. The predicted octanol–water partition coefficient (Wildman–Crippen LogP) is 4.63. The molecule has 0 spiro atoms. The first kappa shape index (κ1) is 17.9. The van der Waals surface area contributed by atoms with E-state index in [2.05, 4.69) is 41.5 Å². The summed E-state index contributed by atoms with van der Waals surface area (Å²) in [7, 11) is 0. The fourth-order valence-electron chi connectivity index (χ4n) is 5.75. The van der Waals surface area contributed by atoms with Gasteiger partial charge in [-0.25, -0.2) is 0 Å². The maximum atomic E-state index is 12.9. The second kappa shape index (κ2) is 5.08. The van der Waals surface area contributed by atoms with Crippen LogP contribution in [0.15, 0.2) is 0 Å². The maximum Gasteiger partial charge on any atom is 0.316 e. The molecule has 0 saturated heterocycles. The van der Waals surface area contributed by atoms with Crippen molar-refractivity contribution in [1.29, 1.82) is 0 Å². The van der Waals surface area contributed by atoms with Crippen LogP contribution < -0.4 is 0 Å². The number of carbonyl (C=O) groups is 2. The number of fused-ring (bicyclic) bond motifs is 2. The third kappa shape index (κ3) is 2.02. The number of rotatable bonds is 3. The van der Waals surface area contributed by atoms with Crippen LogP contribution in [0.3, 0.4) is 0 Å². The minimum Gasteiger partial charge on any atom is -0.465 e. The third-order valence-corrected chi connectivity index (χ3v) is 9.24. The van der Waals surface area contributed by atoms with Crippen molar-refractivity contribution in [1.82, 2.24) is 0 Å². The average Bonchev–Trinajstić information content (AvgIpc) is 2.91. The Balaban J connectivity index is 1.72. The van der Waals surface area contributed by atoms with Crippen LogP contribution in [0.25, 0.3) is 0 Å². The van der Waals surface area contributed by atoms with Crippen LogP contribution in [0.4, 0.5) is 0 Å². The molecule has 0 heterocycles. The molecule has 3 fully saturated rings. The summed E-state index contributed by atoms with van der Waals surface area (Å²) in [5.74, 6) is 0.0920.